The summed E-state index contributed by atoms with van der Waals surface area (Å²) in [6.07, 6.45) is 2.02. The van der Waals surface area contributed by atoms with Crippen LogP contribution in [0.1, 0.15) is 26.3 Å². The summed E-state index contributed by atoms with van der Waals surface area (Å²) in [6, 6.07) is 57.6. The number of pyridine rings is 1. The predicted octanol–water partition coefficient (Wildman–Crippen LogP) is 12.5. The largest absolute Gasteiger partial charge is 0.457 e. The van der Waals surface area contributed by atoms with Crippen molar-refractivity contribution in [3.05, 3.63) is 176 Å². The van der Waals surface area contributed by atoms with Crippen molar-refractivity contribution >= 4 is 55.6 Å². The number of para-hydroxylation sites is 5. The van der Waals surface area contributed by atoms with Gasteiger partial charge in [0.05, 0.1) is 33.4 Å². The molecule has 54 heavy (non-hydrogen) atoms. The summed E-state index contributed by atoms with van der Waals surface area (Å²) >= 11 is 0. The summed E-state index contributed by atoms with van der Waals surface area (Å²) in [7, 11) is 0. The van der Waals surface area contributed by atoms with Gasteiger partial charge in [-0.25, -0.2) is 4.98 Å². The van der Waals surface area contributed by atoms with Gasteiger partial charge in [0.25, 0.3) is 0 Å². The molecule has 262 valence electrons. The minimum atomic E-state index is -0.00450. The van der Waals surface area contributed by atoms with Crippen molar-refractivity contribution in [2.45, 2.75) is 26.2 Å². The molecule has 9 aromatic rings. The van der Waals surface area contributed by atoms with E-state index >= 15 is 0 Å². The van der Waals surface area contributed by atoms with E-state index in [0.29, 0.717) is 6.67 Å². The van der Waals surface area contributed by atoms with Gasteiger partial charge in [-0.1, -0.05) is 99.6 Å². The quantitative estimate of drug-likeness (QED) is 0.173. The molecule has 10 rings (SSSR count). The van der Waals surface area contributed by atoms with E-state index in [4.69, 9.17) is 9.72 Å². The molecule has 0 amide bonds. The topological polar surface area (TPSA) is 38.5 Å². The lowest BCUT2D eigenvalue weighted by Gasteiger charge is -2.22. The number of benzene rings is 6. The maximum atomic E-state index is 6.73. The number of hydrogen-bond donors (Lipinski definition) is 0. The van der Waals surface area contributed by atoms with Gasteiger partial charge in [-0.15, -0.1) is 0 Å². The highest BCUT2D eigenvalue weighted by atomic mass is 16.5. The molecule has 0 saturated heterocycles. The number of rotatable bonds is 6. The first-order valence-electron chi connectivity index (χ1n) is 18.5. The lowest BCUT2D eigenvalue weighted by molar-refractivity contribution is 0.483. The van der Waals surface area contributed by atoms with Crippen LogP contribution in [0.3, 0.4) is 0 Å². The molecule has 0 N–H and O–H groups in total. The second-order valence-corrected chi connectivity index (χ2v) is 15.0. The number of anilines is 4. The Kier molecular flexibility index (Phi) is 7.34. The van der Waals surface area contributed by atoms with E-state index in [1.54, 1.807) is 0 Å². The van der Waals surface area contributed by atoms with E-state index in [0.717, 1.165) is 56.1 Å². The van der Waals surface area contributed by atoms with Gasteiger partial charge in [0.1, 0.15) is 24.0 Å². The fourth-order valence-corrected chi connectivity index (χ4v) is 7.94. The average molecular weight is 702 g/mol. The molecule has 0 saturated carbocycles. The van der Waals surface area contributed by atoms with Crippen molar-refractivity contribution in [3.8, 4) is 23.0 Å². The summed E-state index contributed by atoms with van der Waals surface area (Å²) in [5.41, 5.74) is 11.3. The molecule has 6 heteroatoms. The van der Waals surface area contributed by atoms with Crippen LogP contribution >= 0.6 is 0 Å². The molecule has 6 aromatic carbocycles. The second-order valence-electron chi connectivity index (χ2n) is 15.0. The molecule has 0 atom stereocenters. The Bertz CT molecular complexity index is 2810. The average Bonchev–Trinajstić information content (AvgIpc) is 3.86. The predicted molar refractivity (Wildman–Crippen MR) is 223 cm³/mol. The molecule has 3 aromatic heterocycles. The number of nitrogens with zero attached hydrogens (tertiary/aromatic N) is 5. The van der Waals surface area contributed by atoms with E-state index in [9.17, 15) is 0 Å². The molecule has 0 fully saturated rings. The van der Waals surface area contributed by atoms with Crippen molar-refractivity contribution in [2.75, 3.05) is 16.5 Å². The Morgan fingerprint density at radius 1 is 0.500 bits per heavy atom. The summed E-state index contributed by atoms with van der Waals surface area (Å²) in [5.74, 6) is 2.40. The van der Waals surface area contributed by atoms with Gasteiger partial charge in [-0.3, -0.25) is 4.57 Å². The fourth-order valence-electron chi connectivity index (χ4n) is 7.94. The summed E-state index contributed by atoms with van der Waals surface area (Å²) in [5, 5.41) is 2.29. The summed E-state index contributed by atoms with van der Waals surface area (Å²) in [4.78, 5) is 9.79. The Balaban J connectivity index is 1.10. The van der Waals surface area contributed by atoms with Crippen LogP contribution in [0.15, 0.2) is 170 Å². The van der Waals surface area contributed by atoms with Crippen LogP contribution in [0.5, 0.6) is 11.5 Å². The van der Waals surface area contributed by atoms with Gasteiger partial charge in [0.2, 0.25) is 0 Å². The van der Waals surface area contributed by atoms with E-state index in [2.05, 4.69) is 197 Å². The van der Waals surface area contributed by atoms with Crippen LogP contribution in [-0.4, -0.2) is 20.8 Å². The fraction of sp³-hybridized carbons (Fsp3) is 0.104. The van der Waals surface area contributed by atoms with Crippen LogP contribution in [0.25, 0.3) is 44.3 Å². The lowest BCUT2D eigenvalue weighted by Crippen LogP contribution is -2.23. The van der Waals surface area contributed by atoms with Gasteiger partial charge in [0, 0.05) is 46.2 Å². The molecule has 1 aliphatic rings. The number of ether oxygens (including phenoxy) is 1. The van der Waals surface area contributed by atoms with E-state index in [1.807, 2.05) is 12.3 Å². The molecular weight excluding hydrogens is 663 g/mol. The highest BCUT2D eigenvalue weighted by Crippen LogP contribution is 2.45. The van der Waals surface area contributed by atoms with Gasteiger partial charge >= 0.3 is 0 Å². The van der Waals surface area contributed by atoms with Crippen molar-refractivity contribution in [1.29, 1.82) is 0 Å². The number of aromatic nitrogens is 3. The van der Waals surface area contributed by atoms with Crippen molar-refractivity contribution in [2.24, 2.45) is 0 Å². The summed E-state index contributed by atoms with van der Waals surface area (Å²) in [6.45, 7) is 7.38. The van der Waals surface area contributed by atoms with Crippen LogP contribution in [-0.2, 0) is 5.41 Å². The Labute approximate surface area is 314 Å². The zero-order valence-electron chi connectivity index (χ0n) is 30.5. The third-order valence-electron chi connectivity index (χ3n) is 10.6. The highest BCUT2D eigenvalue weighted by Gasteiger charge is 2.28. The first-order chi connectivity index (χ1) is 26.4. The normalized spacial score (nSPS) is 12.9. The molecule has 1 aliphatic heterocycles. The smallest absolute Gasteiger partial charge is 0.137 e. The monoisotopic (exact) mass is 701 g/mol. The minimum absolute atomic E-state index is 0.00450. The standard InChI is InChI=1S/C48H39N5O/c1-48(2,3)33-25-28-45(49-31-33)53-44-30-38(26-27-40(44)46-47(53)39-21-10-11-22-41(39)52(46)35-17-8-5-9-18-35)54-37-20-14-19-36(29-37)51-32-50(34-15-6-4-7-16-34)42-23-12-13-24-43(42)51/h4-31H,32H2,1-3H3. The van der Waals surface area contributed by atoms with Crippen LogP contribution in [0, 0.1) is 0 Å². The lowest BCUT2D eigenvalue weighted by atomic mass is 9.88. The third kappa shape index (κ3) is 5.21. The van der Waals surface area contributed by atoms with Gasteiger partial charge in [0.15, 0.2) is 0 Å². The first-order valence-corrected chi connectivity index (χ1v) is 18.5. The Hall–Kier alpha value is -6.79. The maximum Gasteiger partial charge on any atom is 0.137 e. The molecule has 0 radical (unpaired) electrons. The minimum Gasteiger partial charge on any atom is -0.457 e. The van der Waals surface area contributed by atoms with Gasteiger partial charge < -0.3 is 19.1 Å². The van der Waals surface area contributed by atoms with E-state index < -0.39 is 0 Å². The van der Waals surface area contributed by atoms with Gasteiger partial charge in [-0.2, -0.15) is 0 Å². The molecular formula is C48H39N5O. The van der Waals surface area contributed by atoms with Gasteiger partial charge in [-0.05, 0) is 83.8 Å². The summed E-state index contributed by atoms with van der Waals surface area (Å²) < 4.78 is 11.4. The zero-order valence-corrected chi connectivity index (χ0v) is 30.5. The third-order valence-corrected chi connectivity index (χ3v) is 10.6. The number of fused-ring (bicyclic) bond motifs is 6. The molecule has 0 unspecified atom stereocenters. The molecule has 0 aliphatic carbocycles. The first kappa shape index (κ1) is 31.9. The molecule has 6 nitrogen and oxygen atoms in total. The molecule has 0 spiro atoms. The molecule has 0 bridgehead atoms. The Morgan fingerprint density at radius 3 is 1.83 bits per heavy atom. The van der Waals surface area contributed by atoms with Crippen LogP contribution < -0.4 is 14.5 Å². The van der Waals surface area contributed by atoms with Crippen LogP contribution in [0.2, 0.25) is 0 Å². The van der Waals surface area contributed by atoms with E-state index in [1.165, 1.54) is 28.0 Å². The highest BCUT2D eigenvalue weighted by molar-refractivity contribution is 6.20. The Morgan fingerprint density at radius 2 is 1.11 bits per heavy atom. The maximum absolute atomic E-state index is 6.73. The SMILES string of the molecule is CC(C)(C)c1ccc(-n2c3cc(Oc4cccc(N5CN(c6ccccc6)c6ccccc65)c4)ccc3c3c2c2ccccc2n3-c2ccccc2)nc1. The zero-order chi connectivity index (χ0) is 36.4. The molecule has 4 heterocycles. The van der Waals surface area contributed by atoms with E-state index in [-0.39, 0.29) is 5.41 Å². The number of hydrogen-bond acceptors (Lipinski definition) is 4. The van der Waals surface area contributed by atoms with Crippen LogP contribution in [0.4, 0.5) is 22.7 Å². The van der Waals surface area contributed by atoms with Crippen molar-refractivity contribution < 1.29 is 4.74 Å². The van der Waals surface area contributed by atoms with Crippen molar-refractivity contribution in [3.63, 3.8) is 0 Å². The van der Waals surface area contributed by atoms with Crippen molar-refractivity contribution in [1.82, 2.24) is 14.1 Å². The second kappa shape index (κ2) is 12.4.